The fourth-order valence-electron chi connectivity index (χ4n) is 4.20. The minimum atomic E-state index is -0.944. The van der Waals surface area contributed by atoms with E-state index in [4.69, 9.17) is 5.11 Å². The van der Waals surface area contributed by atoms with Gasteiger partial charge in [-0.1, -0.05) is 24.3 Å². The molecule has 0 saturated carbocycles. The summed E-state index contributed by atoms with van der Waals surface area (Å²) in [6.07, 6.45) is 3.55. The molecule has 3 heterocycles. The summed E-state index contributed by atoms with van der Waals surface area (Å²) in [5.74, 6) is -0.0880. The molecular formula is C24H24N6O3. The highest BCUT2D eigenvalue weighted by atomic mass is 16.4. The molecule has 2 aromatic heterocycles. The smallest absolute Gasteiger partial charge is 0.407 e. The zero-order valence-electron chi connectivity index (χ0n) is 18.2. The second-order valence-corrected chi connectivity index (χ2v) is 8.27. The van der Waals surface area contributed by atoms with E-state index in [1.54, 1.807) is 15.6 Å². The normalized spacial score (nSPS) is 14.1. The van der Waals surface area contributed by atoms with Gasteiger partial charge < -0.3 is 14.9 Å². The molecule has 2 amide bonds. The van der Waals surface area contributed by atoms with Gasteiger partial charge in [0.2, 0.25) is 0 Å². The van der Waals surface area contributed by atoms with Crippen molar-refractivity contribution >= 4 is 22.9 Å². The van der Waals surface area contributed by atoms with Crippen LogP contribution in [0.5, 0.6) is 0 Å². The van der Waals surface area contributed by atoms with Gasteiger partial charge in [-0.3, -0.25) is 14.6 Å². The first-order valence-corrected chi connectivity index (χ1v) is 10.8. The second kappa shape index (κ2) is 8.42. The number of carbonyl (C=O) groups excluding carboxylic acids is 1. The third-order valence-electron chi connectivity index (χ3n) is 6.09. The number of benzene rings is 2. The van der Waals surface area contributed by atoms with Crippen molar-refractivity contribution in [1.29, 1.82) is 0 Å². The van der Waals surface area contributed by atoms with Crippen LogP contribution in [0.15, 0.2) is 54.9 Å². The van der Waals surface area contributed by atoms with Crippen molar-refractivity contribution in [1.82, 2.24) is 29.8 Å². The SMILES string of the molecule is Cn1cc(-c2ccc(Cc3[nH]nc4ccc(C(=O)N5CCN(C(=O)O)CC5)cc34)cc2)cn1. The number of H-pyrrole nitrogens is 1. The van der Waals surface area contributed by atoms with E-state index in [1.807, 2.05) is 31.6 Å². The van der Waals surface area contributed by atoms with Crippen molar-refractivity contribution in [3.05, 3.63) is 71.7 Å². The van der Waals surface area contributed by atoms with E-state index in [-0.39, 0.29) is 5.91 Å². The lowest BCUT2D eigenvalue weighted by molar-refractivity contribution is 0.0625. The molecule has 168 valence electrons. The van der Waals surface area contributed by atoms with Gasteiger partial charge in [0, 0.05) is 68.1 Å². The number of rotatable bonds is 4. The fraction of sp³-hybridized carbons (Fsp3) is 0.250. The molecule has 0 aliphatic carbocycles. The lowest BCUT2D eigenvalue weighted by atomic mass is 10.0. The monoisotopic (exact) mass is 444 g/mol. The highest BCUT2D eigenvalue weighted by molar-refractivity contribution is 5.98. The molecule has 0 unspecified atom stereocenters. The van der Waals surface area contributed by atoms with Crippen LogP contribution in [0.3, 0.4) is 0 Å². The van der Waals surface area contributed by atoms with Crippen molar-refractivity contribution in [3.8, 4) is 11.1 Å². The van der Waals surface area contributed by atoms with Crippen LogP contribution >= 0.6 is 0 Å². The summed E-state index contributed by atoms with van der Waals surface area (Å²) in [6, 6.07) is 13.8. The van der Waals surface area contributed by atoms with Gasteiger partial charge in [0.05, 0.1) is 11.7 Å². The Bertz CT molecular complexity index is 1320. The molecular weight excluding hydrogens is 420 g/mol. The van der Waals surface area contributed by atoms with E-state index in [0.29, 0.717) is 38.2 Å². The maximum Gasteiger partial charge on any atom is 0.407 e. The van der Waals surface area contributed by atoms with Crippen LogP contribution in [0.1, 0.15) is 21.6 Å². The number of aromatic nitrogens is 4. The summed E-state index contributed by atoms with van der Waals surface area (Å²) in [5, 5.41) is 21.8. The highest BCUT2D eigenvalue weighted by Crippen LogP contribution is 2.24. The maximum atomic E-state index is 13.0. The Morgan fingerprint density at radius 2 is 1.73 bits per heavy atom. The van der Waals surface area contributed by atoms with Crippen molar-refractivity contribution in [2.24, 2.45) is 7.05 Å². The molecule has 0 bridgehead atoms. The van der Waals surface area contributed by atoms with E-state index in [2.05, 4.69) is 39.6 Å². The number of piperazine rings is 1. The van der Waals surface area contributed by atoms with Crippen LogP contribution in [0.25, 0.3) is 22.0 Å². The molecule has 1 fully saturated rings. The first-order chi connectivity index (χ1) is 16.0. The Morgan fingerprint density at radius 3 is 2.39 bits per heavy atom. The van der Waals surface area contributed by atoms with Crippen LogP contribution in [-0.4, -0.2) is 73.1 Å². The molecule has 2 N–H and O–H groups in total. The number of carbonyl (C=O) groups is 2. The number of nitrogens with one attached hydrogen (secondary N) is 1. The summed E-state index contributed by atoms with van der Waals surface area (Å²) in [5.41, 5.74) is 5.66. The van der Waals surface area contributed by atoms with Crippen molar-refractivity contribution < 1.29 is 14.7 Å². The highest BCUT2D eigenvalue weighted by Gasteiger charge is 2.25. The lowest BCUT2D eigenvalue weighted by Crippen LogP contribution is -2.50. The number of fused-ring (bicyclic) bond motifs is 1. The molecule has 33 heavy (non-hydrogen) atoms. The Labute approximate surface area is 190 Å². The van der Waals surface area contributed by atoms with Crippen LogP contribution in [-0.2, 0) is 13.5 Å². The standard InChI is InChI=1S/C24H24N6O3/c1-28-15-19(14-25-28)17-4-2-16(3-5-17)12-22-20-13-18(6-7-21(20)26-27-22)23(31)29-8-10-30(11-9-29)24(32)33/h2-7,13-15H,8-12H2,1H3,(H,26,27)(H,32,33). The Kier molecular flexibility index (Phi) is 5.29. The summed E-state index contributed by atoms with van der Waals surface area (Å²) in [4.78, 5) is 27.2. The zero-order valence-corrected chi connectivity index (χ0v) is 18.2. The van der Waals surface area contributed by atoms with Crippen molar-refractivity contribution in [2.75, 3.05) is 26.2 Å². The first-order valence-electron chi connectivity index (χ1n) is 10.8. The first kappa shape index (κ1) is 20.7. The quantitative estimate of drug-likeness (QED) is 0.503. The minimum Gasteiger partial charge on any atom is -0.465 e. The third kappa shape index (κ3) is 4.17. The maximum absolute atomic E-state index is 13.0. The summed E-state index contributed by atoms with van der Waals surface area (Å²) >= 11 is 0. The zero-order chi connectivity index (χ0) is 22.9. The van der Waals surface area contributed by atoms with E-state index in [9.17, 15) is 9.59 Å². The van der Waals surface area contributed by atoms with Gasteiger partial charge in [0.1, 0.15) is 0 Å². The van der Waals surface area contributed by atoms with Gasteiger partial charge in [0.25, 0.3) is 5.91 Å². The Hall–Kier alpha value is -4.14. The summed E-state index contributed by atoms with van der Waals surface area (Å²) in [7, 11) is 1.90. The third-order valence-corrected chi connectivity index (χ3v) is 6.09. The Balaban J connectivity index is 1.33. The van der Waals surface area contributed by atoms with Crippen LogP contribution in [0.4, 0.5) is 4.79 Å². The number of carboxylic acid groups (broad SMARTS) is 1. The van der Waals surface area contributed by atoms with Crippen LogP contribution in [0, 0.1) is 0 Å². The van der Waals surface area contributed by atoms with E-state index in [0.717, 1.165) is 33.3 Å². The molecule has 1 aliphatic heterocycles. The van der Waals surface area contributed by atoms with Gasteiger partial charge in [-0.2, -0.15) is 10.2 Å². The summed E-state index contributed by atoms with van der Waals surface area (Å²) < 4.78 is 1.78. The molecule has 1 aliphatic rings. The number of aryl methyl sites for hydroxylation is 1. The molecule has 0 radical (unpaired) electrons. The van der Waals surface area contributed by atoms with Gasteiger partial charge in [-0.05, 0) is 29.3 Å². The van der Waals surface area contributed by atoms with E-state index < -0.39 is 6.09 Å². The molecule has 0 atom stereocenters. The van der Waals surface area contributed by atoms with Crippen molar-refractivity contribution in [3.63, 3.8) is 0 Å². The van der Waals surface area contributed by atoms with E-state index in [1.165, 1.54) is 4.90 Å². The fourth-order valence-corrected chi connectivity index (χ4v) is 4.20. The average molecular weight is 444 g/mol. The predicted octanol–water partition coefficient (Wildman–Crippen LogP) is 2.99. The molecule has 5 rings (SSSR count). The molecule has 0 spiro atoms. The average Bonchev–Trinajstić information content (AvgIpc) is 3.45. The molecule has 9 nitrogen and oxygen atoms in total. The lowest BCUT2D eigenvalue weighted by Gasteiger charge is -2.33. The van der Waals surface area contributed by atoms with Crippen LogP contribution < -0.4 is 0 Å². The van der Waals surface area contributed by atoms with Crippen LogP contribution in [0.2, 0.25) is 0 Å². The van der Waals surface area contributed by atoms with Crippen molar-refractivity contribution in [2.45, 2.75) is 6.42 Å². The number of nitrogens with zero attached hydrogens (tertiary/aromatic N) is 5. The number of hydrogen-bond acceptors (Lipinski definition) is 4. The largest absolute Gasteiger partial charge is 0.465 e. The number of aromatic amines is 1. The Morgan fingerprint density at radius 1 is 1.00 bits per heavy atom. The molecule has 9 heteroatoms. The summed E-state index contributed by atoms with van der Waals surface area (Å²) in [6.45, 7) is 1.44. The minimum absolute atomic E-state index is 0.0880. The van der Waals surface area contributed by atoms with E-state index >= 15 is 0 Å². The molecule has 2 aromatic carbocycles. The number of amides is 2. The topological polar surface area (TPSA) is 107 Å². The predicted molar refractivity (Wildman–Crippen MR) is 123 cm³/mol. The molecule has 1 saturated heterocycles. The van der Waals surface area contributed by atoms with Gasteiger partial charge in [-0.25, -0.2) is 4.79 Å². The van der Waals surface area contributed by atoms with Gasteiger partial charge >= 0.3 is 6.09 Å². The van der Waals surface area contributed by atoms with Gasteiger partial charge in [0.15, 0.2) is 0 Å². The number of hydrogen-bond donors (Lipinski definition) is 2. The molecule has 4 aromatic rings. The van der Waals surface area contributed by atoms with Gasteiger partial charge in [-0.15, -0.1) is 0 Å². The second-order valence-electron chi connectivity index (χ2n) is 8.27.